The van der Waals surface area contributed by atoms with Crippen molar-refractivity contribution in [1.82, 2.24) is 0 Å². The van der Waals surface area contributed by atoms with Gasteiger partial charge in [0.25, 0.3) is 0 Å². The van der Waals surface area contributed by atoms with Crippen molar-refractivity contribution in [1.29, 1.82) is 0 Å². The summed E-state index contributed by atoms with van der Waals surface area (Å²) in [4.78, 5) is 15.7. The van der Waals surface area contributed by atoms with Crippen LogP contribution in [-0.2, 0) is 0 Å². The van der Waals surface area contributed by atoms with Gasteiger partial charge >= 0.3 is 467 Å². The van der Waals surface area contributed by atoms with Crippen molar-refractivity contribution in [2.24, 2.45) is 0 Å². The first kappa shape index (κ1) is 42.5. The number of fused-ring (bicyclic) bond motifs is 15. The summed E-state index contributed by atoms with van der Waals surface area (Å²) in [5, 5.41) is 0. The molecule has 364 valence electrons. The molecule has 8 heterocycles. The van der Waals surface area contributed by atoms with Crippen LogP contribution in [-0.4, -0.2) is 27.9 Å². The Morgan fingerprint density at radius 1 is 0.241 bits per heavy atom. The molecule has 7 aliphatic rings. The third-order valence-electron chi connectivity index (χ3n) is 17.7. The van der Waals surface area contributed by atoms with Gasteiger partial charge in [-0.2, -0.15) is 0 Å². The molecule has 0 radical (unpaired) electrons. The van der Waals surface area contributed by atoms with Crippen molar-refractivity contribution in [3.05, 3.63) is 255 Å². The minimum absolute atomic E-state index is 0.000519. The summed E-state index contributed by atoms with van der Waals surface area (Å²) in [6, 6.07) is 95.6. The molecule has 6 nitrogen and oxygen atoms in total. The van der Waals surface area contributed by atoms with Crippen LogP contribution in [0.4, 0.5) is 102 Å². The topological polar surface area (TPSA) is 19.4 Å². The molecule has 0 amide bonds. The molecule has 0 bridgehead atoms. The van der Waals surface area contributed by atoms with E-state index in [4.69, 9.17) is 0 Å². The molecule has 0 atom stereocenters. The molecule has 0 N–H and O–H groups in total. The zero-order valence-corrected chi connectivity index (χ0v) is 44.2. The van der Waals surface area contributed by atoms with Crippen LogP contribution < -0.4 is 59.9 Å². The van der Waals surface area contributed by atoms with Gasteiger partial charge in [-0.05, 0) is 0 Å². The van der Waals surface area contributed by atoms with Crippen LogP contribution in [0.15, 0.2) is 255 Å². The van der Waals surface area contributed by atoms with Crippen LogP contribution in [0.25, 0.3) is 22.3 Å². The fourth-order valence-electron chi connectivity index (χ4n) is 14.8. The van der Waals surface area contributed by atoms with Crippen molar-refractivity contribution >= 4 is 161 Å². The van der Waals surface area contributed by atoms with Gasteiger partial charge in [0.15, 0.2) is 0 Å². The number of benzene rings is 11. The van der Waals surface area contributed by atoms with Crippen molar-refractivity contribution < 1.29 is 0 Å². The maximum atomic E-state index is 2.69. The molecule has 12 aromatic rings. The molecule has 0 fully saturated rings. The van der Waals surface area contributed by atoms with Gasteiger partial charge in [-0.3, -0.25) is 0 Å². The number of nitrogens with zero attached hydrogens (tertiary/aromatic N) is 6. The number of hydrogen-bond donors (Lipinski definition) is 0. The Hall–Kier alpha value is -9.65. The molecule has 0 saturated carbocycles. The number of para-hydroxylation sites is 8. The molecule has 1 aromatic heterocycles. The Morgan fingerprint density at radius 3 is 1.15 bits per heavy atom. The Labute approximate surface area is 464 Å². The van der Waals surface area contributed by atoms with Crippen molar-refractivity contribution in [3.8, 4) is 22.3 Å². The minimum atomic E-state index is -0.101. The Bertz CT molecular complexity index is 4620. The van der Waals surface area contributed by atoms with Crippen LogP contribution >= 0.6 is 0 Å². The predicted octanol–water partition coefficient (Wildman–Crippen LogP) is 14.1. The van der Waals surface area contributed by atoms with E-state index in [0.29, 0.717) is 0 Å². The first-order valence-corrected chi connectivity index (χ1v) is 29.1. The third-order valence-corrected chi connectivity index (χ3v) is 20.4. The Balaban J connectivity index is 0.932. The van der Waals surface area contributed by atoms with Gasteiger partial charge < -0.3 is 0 Å². The van der Waals surface area contributed by atoms with E-state index in [-0.39, 0.29) is 27.9 Å². The SMILES string of the molecule is c1ccc(-c2cc3c4c(c2)N(c2ccccc2)c2ccccc2N4c2cccc4c2B3c2[se]c3c5c2N4c2ccccc2N5c2cccc4c2B3c2ccc(-c3ccccc3)c3c2N4c2ccccc2N3c2ccccc2)cc1. The molecule has 7 aliphatic heterocycles. The van der Waals surface area contributed by atoms with Crippen LogP contribution in [0.3, 0.4) is 0 Å². The summed E-state index contributed by atoms with van der Waals surface area (Å²) >= 11 is -0.101. The standard InChI is InChI=1S/C70H42B2N6Se/c1-5-21-43(22-6-1)45-41-50-65-61(42-45)73(46-25-9-3-10-26-46)51-29-13-15-31-53(51)75(65)57-35-19-38-60-63(57)72(50)70-68-67-69(79-70)71-49-40-39-48(44-23-7-2-8-24-44)64-66(49)76(54-32-16-14-30-52(54)74(64)47-27-11-4-12-28-47)58-36-20-37-59(62(58)71)77(67)55-33-17-18-34-56(55)78(60)68/h1-42H. The maximum absolute atomic E-state index is 2.69. The van der Waals surface area contributed by atoms with Gasteiger partial charge in [-0.15, -0.1) is 0 Å². The van der Waals surface area contributed by atoms with E-state index in [2.05, 4.69) is 284 Å². The fraction of sp³-hybridized carbons (Fsp3) is 0. The number of anilines is 18. The van der Waals surface area contributed by atoms with Crippen LogP contribution in [0.2, 0.25) is 0 Å². The molecular formula is C70H42B2N6Se. The van der Waals surface area contributed by atoms with E-state index >= 15 is 0 Å². The predicted molar refractivity (Wildman–Crippen MR) is 332 cm³/mol. The molecule has 19 rings (SSSR count). The Kier molecular flexibility index (Phi) is 8.34. The van der Waals surface area contributed by atoms with Gasteiger partial charge in [0, 0.05) is 0 Å². The second-order valence-corrected chi connectivity index (χ2v) is 23.8. The van der Waals surface area contributed by atoms with Crippen LogP contribution in [0, 0.1) is 0 Å². The second kappa shape index (κ2) is 15.5. The second-order valence-electron chi connectivity index (χ2n) is 21.5. The third kappa shape index (κ3) is 5.39. The molecule has 0 aliphatic carbocycles. The summed E-state index contributed by atoms with van der Waals surface area (Å²) in [5.41, 5.74) is 32.4. The van der Waals surface area contributed by atoms with Crippen molar-refractivity contribution in [3.63, 3.8) is 0 Å². The van der Waals surface area contributed by atoms with Crippen molar-refractivity contribution in [2.45, 2.75) is 0 Å². The van der Waals surface area contributed by atoms with E-state index in [9.17, 15) is 0 Å². The summed E-state index contributed by atoms with van der Waals surface area (Å²) < 4.78 is 3.05. The van der Waals surface area contributed by atoms with Gasteiger partial charge in [-0.25, -0.2) is 0 Å². The van der Waals surface area contributed by atoms with E-state index in [1.807, 2.05) is 0 Å². The average Bonchev–Trinajstić information content (AvgIpc) is 4.00. The molecule has 0 unspecified atom stereocenters. The van der Waals surface area contributed by atoms with Gasteiger partial charge in [0.2, 0.25) is 0 Å². The summed E-state index contributed by atoms with van der Waals surface area (Å²) in [5.74, 6) is 0. The fourth-order valence-corrected chi connectivity index (χ4v) is 18.0. The van der Waals surface area contributed by atoms with E-state index in [1.54, 1.807) is 0 Å². The van der Waals surface area contributed by atoms with Gasteiger partial charge in [-0.1, -0.05) is 0 Å². The number of rotatable bonds is 4. The molecule has 0 spiro atoms. The molecule has 11 aromatic carbocycles. The van der Waals surface area contributed by atoms with Gasteiger partial charge in [0.05, 0.1) is 0 Å². The molecular weight excluding hydrogens is 1030 g/mol. The summed E-state index contributed by atoms with van der Waals surface area (Å²) in [7, 11) is 0. The quantitative estimate of drug-likeness (QED) is 0.162. The molecule has 9 heteroatoms. The van der Waals surface area contributed by atoms with Crippen LogP contribution in [0.1, 0.15) is 0 Å². The summed E-state index contributed by atoms with van der Waals surface area (Å²) in [6.07, 6.45) is 0. The monoisotopic (exact) mass is 1070 g/mol. The van der Waals surface area contributed by atoms with E-state index in [1.165, 1.54) is 138 Å². The molecule has 0 saturated heterocycles. The zero-order valence-electron chi connectivity index (χ0n) is 42.5. The first-order chi connectivity index (χ1) is 39.3. The zero-order chi connectivity index (χ0) is 51.2. The van der Waals surface area contributed by atoms with Crippen molar-refractivity contribution in [2.75, 3.05) is 29.4 Å². The first-order valence-electron chi connectivity index (χ1n) is 27.3. The molecule has 79 heavy (non-hydrogen) atoms. The van der Waals surface area contributed by atoms with Gasteiger partial charge in [0.1, 0.15) is 0 Å². The number of hydrogen-bond acceptors (Lipinski definition) is 6. The van der Waals surface area contributed by atoms with E-state index < -0.39 is 0 Å². The van der Waals surface area contributed by atoms with E-state index in [0.717, 1.165) is 17.1 Å². The summed E-state index contributed by atoms with van der Waals surface area (Å²) in [6.45, 7) is -0.00948. The normalized spacial score (nSPS) is 14.4. The Morgan fingerprint density at radius 2 is 0.633 bits per heavy atom. The van der Waals surface area contributed by atoms with Crippen LogP contribution in [0.5, 0.6) is 0 Å². The average molecular weight is 1070 g/mol.